The number of likely N-dealkylation sites (tertiary alicyclic amines) is 1. The summed E-state index contributed by atoms with van der Waals surface area (Å²) in [6.07, 6.45) is 5.19. The molecule has 1 fully saturated rings. The Morgan fingerprint density at radius 2 is 1.85 bits per heavy atom. The maximum absolute atomic E-state index is 12.3. The Balaban J connectivity index is 2.65. The molecule has 1 heterocycles. The zero-order valence-electron chi connectivity index (χ0n) is 12.5. The quantitative estimate of drug-likeness (QED) is 0.646. The van der Waals surface area contributed by atoms with Gasteiger partial charge in [0, 0.05) is 27.2 Å². The molecule has 0 N–H and O–H groups in total. The van der Waals surface area contributed by atoms with Gasteiger partial charge in [0.15, 0.2) is 0 Å². The van der Waals surface area contributed by atoms with Crippen LogP contribution in [0.4, 0.5) is 0 Å². The fraction of sp³-hybridized carbons (Fsp3) is 0.600. The molecule has 1 aliphatic rings. The lowest BCUT2D eigenvalue weighted by Gasteiger charge is -2.28. The molecule has 20 heavy (non-hydrogen) atoms. The van der Waals surface area contributed by atoms with Crippen molar-refractivity contribution in [2.24, 2.45) is 0 Å². The van der Waals surface area contributed by atoms with Gasteiger partial charge >= 0.3 is 0 Å². The van der Waals surface area contributed by atoms with Gasteiger partial charge in [0.1, 0.15) is 0 Å². The molecule has 0 bridgehead atoms. The van der Waals surface area contributed by atoms with Crippen LogP contribution in [-0.4, -0.2) is 72.8 Å². The normalized spacial score (nSPS) is 18.6. The van der Waals surface area contributed by atoms with Gasteiger partial charge in [-0.15, -0.1) is 13.2 Å². The molecule has 5 nitrogen and oxygen atoms in total. The predicted molar refractivity (Wildman–Crippen MR) is 80.3 cm³/mol. The highest BCUT2D eigenvalue weighted by Gasteiger charge is 2.33. The summed E-state index contributed by atoms with van der Waals surface area (Å²) in [7, 11) is 3.50. The smallest absolute Gasteiger partial charge is 0.239 e. The monoisotopic (exact) mass is 279 g/mol. The molecule has 5 heteroatoms. The Labute approximate surface area is 121 Å². The van der Waals surface area contributed by atoms with E-state index in [4.69, 9.17) is 0 Å². The molecule has 0 spiro atoms. The third kappa shape index (κ3) is 4.20. The van der Waals surface area contributed by atoms with E-state index in [1.807, 2.05) is 4.90 Å². The van der Waals surface area contributed by atoms with Crippen LogP contribution in [0.3, 0.4) is 0 Å². The van der Waals surface area contributed by atoms with Crippen molar-refractivity contribution in [1.82, 2.24) is 14.7 Å². The maximum atomic E-state index is 12.3. The molecule has 0 aromatic carbocycles. The van der Waals surface area contributed by atoms with E-state index in [-0.39, 0.29) is 24.4 Å². The molecule has 0 aromatic heterocycles. The van der Waals surface area contributed by atoms with Crippen LogP contribution in [-0.2, 0) is 9.59 Å². The number of amides is 2. The number of rotatable bonds is 7. The highest BCUT2D eigenvalue weighted by Crippen LogP contribution is 2.18. The maximum Gasteiger partial charge on any atom is 0.239 e. The van der Waals surface area contributed by atoms with E-state index in [2.05, 4.69) is 13.2 Å². The largest absolute Gasteiger partial charge is 0.347 e. The molecule has 1 saturated heterocycles. The lowest BCUT2D eigenvalue weighted by molar-refractivity contribution is -0.136. The Bertz CT molecular complexity index is 369. The SMILES string of the molecule is C=CCN(CC=C)C(=O)CN1CCC[C@@H]1C(=O)N(C)C. The Kier molecular flexibility index (Phi) is 6.45. The average molecular weight is 279 g/mol. The molecule has 0 radical (unpaired) electrons. The zero-order valence-corrected chi connectivity index (χ0v) is 12.5. The number of likely N-dealkylation sites (N-methyl/N-ethyl adjacent to an activating group) is 1. The molecule has 1 atom stereocenters. The molecule has 0 unspecified atom stereocenters. The van der Waals surface area contributed by atoms with E-state index in [0.717, 1.165) is 19.4 Å². The lowest BCUT2D eigenvalue weighted by Crippen LogP contribution is -2.47. The van der Waals surface area contributed by atoms with Crippen LogP contribution < -0.4 is 0 Å². The fourth-order valence-electron chi connectivity index (χ4n) is 2.46. The second-order valence-corrected chi connectivity index (χ2v) is 5.24. The van der Waals surface area contributed by atoms with Crippen LogP contribution in [0, 0.1) is 0 Å². The summed E-state index contributed by atoms with van der Waals surface area (Å²) in [5.74, 6) is 0.0950. The first-order valence-corrected chi connectivity index (χ1v) is 6.96. The molecule has 0 aromatic rings. The minimum atomic E-state index is -0.164. The topological polar surface area (TPSA) is 43.9 Å². The van der Waals surface area contributed by atoms with Gasteiger partial charge in [-0.3, -0.25) is 14.5 Å². The number of carbonyl (C=O) groups is 2. The van der Waals surface area contributed by atoms with Crippen LogP contribution in [0.2, 0.25) is 0 Å². The van der Waals surface area contributed by atoms with Gasteiger partial charge in [-0.05, 0) is 19.4 Å². The van der Waals surface area contributed by atoms with Crippen molar-refractivity contribution in [1.29, 1.82) is 0 Å². The van der Waals surface area contributed by atoms with Crippen LogP contribution in [0.25, 0.3) is 0 Å². The van der Waals surface area contributed by atoms with Crippen molar-refractivity contribution in [3.05, 3.63) is 25.3 Å². The van der Waals surface area contributed by atoms with E-state index >= 15 is 0 Å². The second kappa shape index (κ2) is 7.85. The first-order chi connectivity index (χ1) is 9.51. The first kappa shape index (κ1) is 16.4. The number of carbonyl (C=O) groups excluding carboxylic acids is 2. The minimum absolute atomic E-state index is 0.0169. The van der Waals surface area contributed by atoms with Crippen molar-refractivity contribution < 1.29 is 9.59 Å². The minimum Gasteiger partial charge on any atom is -0.347 e. The summed E-state index contributed by atoms with van der Waals surface area (Å²) < 4.78 is 0. The van der Waals surface area contributed by atoms with E-state index in [1.54, 1.807) is 36.0 Å². The van der Waals surface area contributed by atoms with Crippen LogP contribution in [0.5, 0.6) is 0 Å². The van der Waals surface area contributed by atoms with Gasteiger partial charge in [-0.1, -0.05) is 12.2 Å². The molecule has 2 amide bonds. The van der Waals surface area contributed by atoms with Crippen molar-refractivity contribution in [3.8, 4) is 0 Å². The molecule has 0 saturated carbocycles. The summed E-state index contributed by atoms with van der Waals surface area (Å²) in [6.45, 7) is 9.41. The van der Waals surface area contributed by atoms with Crippen molar-refractivity contribution in [3.63, 3.8) is 0 Å². The fourth-order valence-corrected chi connectivity index (χ4v) is 2.46. The molecule has 1 aliphatic heterocycles. The lowest BCUT2D eigenvalue weighted by atomic mass is 10.2. The molecular formula is C15H25N3O2. The van der Waals surface area contributed by atoms with E-state index < -0.39 is 0 Å². The molecule has 0 aliphatic carbocycles. The Hall–Kier alpha value is -1.62. The number of hydrogen-bond donors (Lipinski definition) is 0. The summed E-state index contributed by atoms with van der Waals surface area (Å²) >= 11 is 0. The highest BCUT2D eigenvalue weighted by molar-refractivity contribution is 5.84. The van der Waals surface area contributed by atoms with Gasteiger partial charge in [-0.2, -0.15) is 0 Å². The summed E-state index contributed by atoms with van der Waals surface area (Å²) in [6, 6.07) is -0.164. The standard InChI is InChI=1S/C15H25N3O2/c1-5-9-17(10-6-2)14(19)12-18-11-7-8-13(18)15(20)16(3)4/h5-6,13H,1-2,7-12H2,3-4H3/t13-/m1/s1. The molecule has 1 rings (SSSR count). The third-order valence-electron chi connectivity index (χ3n) is 3.48. The van der Waals surface area contributed by atoms with Gasteiger partial charge in [0.25, 0.3) is 0 Å². The van der Waals surface area contributed by atoms with Crippen LogP contribution >= 0.6 is 0 Å². The van der Waals surface area contributed by atoms with Gasteiger partial charge in [0.2, 0.25) is 11.8 Å². The van der Waals surface area contributed by atoms with Gasteiger partial charge < -0.3 is 9.80 Å². The summed E-state index contributed by atoms with van der Waals surface area (Å²) in [4.78, 5) is 29.6. The van der Waals surface area contributed by atoms with E-state index in [9.17, 15) is 9.59 Å². The summed E-state index contributed by atoms with van der Waals surface area (Å²) in [5.41, 5.74) is 0. The van der Waals surface area contributed by atoms with E-state index in [0.29, 0.717) is 13.1 Å². The Morgan fingerprint density at radius 1 is 1.25 bits per heavy atom. The first-order valence-electron chi connectivity index (χ1n) is 6.96. The van der Waals surface area contributed by atoms with Crippen LogP contribution in [0.1, 0.15) is 12.8 Å². The predicted octanol–water partition coefficient (Wildman–Crippen LogP) is 0.740. The summed E-state index contributed by atoms with van der Waals surface area (Å²) in [5, 5.41) is 0. The number of hydrogen-bond acceptors (Lipinski definition) is 3. The van der Waals surface area contributed by atoms with Gasteiger partial charge in [0.05, 0.1) is 12.6 Å². The highest BCUT2D eigenvalue weighted by atomic mass is 16.2. The van der Waals surface area contributed by atoms with Crippen molar-refractivity contribution >= 4 is 11.8 Å². The molecular weight excluding hydrogens is 254 g/mol. The number of nitrogens with zero attached hydrogens (tertiary/aromatic N) is 3. The second-order valence-electron chi connectivity index (χ2n) is 5.24. The Morgan fingerprint density at radius 3 is 2.35 bits per heavy atom. The molecule has 112 valence electrons. The van der Waals surface area contributed by atoms with Crippen LogP contribution in [0.15, 0.2) is 25.3 Å². The zero-order chi connectivity index (χ0) is 15.1. The van der Waals surface area contributed by atoms with E-state index in [1.165, 1.54) is 0 Å². The van der Waals surface area contributed by atoms with Crippen molar-refractivity contribution in [2.45, 2.75) is 18.9 Å². The van der Waals surface area contributed by atoms with Gasteiger partial charge in [-0.25, -0.2) is 0 Å². The van der Waals surface area contributed by atoms with Crippen molar-refractivity contribution in [2.75, 3.05) is 40.3 Å². The average Bonchev–Trinajstić information content (AvgIpc) is 2.85. The third-order valence-corrected chi connectivity index (χ3v) is 3.48.